The first-order chi connectivity index (χ1) is 18.1. The van der Waals surface area contributed by atoms with Gasteiger partial charge in [-0.15, -0.1) is 5.10 Å². The van der Waals surface area contributed by atoms with Crippen LogP contribution in [-0.4, -0.2) is 36.0 Å². The van der Waals surface area contributed by atoms with Crippen LogP contribution in [0.2, 0.25) is 0 Å². The van der Waals surface area contributed by atoms with Gasteiger partial charge in [-0.3, -0.25) is 9.59 Å². The molecular weight excluding hydrogens is 468 g/mol. The number of anilines is 1. The van der Waals surface area contributed by atoms with Crippen LogP contribution in [0.5, 0.6) is 0 Å². The molecule has 0 spiro atoms. The van der Waals surface area contributed by atoms with Crippen molar-refractivity contribution in [2.24, 2.45) is 0 Å². The Bertz CT molecular complexity index is 1780. The van der Waals surface area contributed by atoms with E-state index in [2.05, 4.69) is 15.1 Å². The van der Waals surface area contributed by atoms with E-state index in [1.807, 2.05) is 6.07 Å². The van der Waals surface area contributed by atoms with E-state index in [1.54, 1.807) is 97.1 Å². The third-order valence-corrected chi connectivity index (χ3v) is 5.86. The van der Waals surface area contributed by atoms with Crippen molar-refractivity contribution in [3.63, 3.8) is 0 Å². The molecule has 6 aromatic rings. The number of carbonyl (C=O) groups excluding carboxylic acids is 2. The lowest BCUT2D eigenvalue weighted by Gasteiger charge is -2.20. The number of imide groups is 1. The topological polar surface area (TPSA) is 102 Å². The molecule has 9 heteroatoms. The quantitative estimate of drug-likeness (QED) is 0.350. The molecule has 0 aliphatic rings. The molecule has 0 radical (unpaired) electrons. The van der Waals surface area contributed by atoms with Crippen LogP contribution in [0.15, 0.2) is 114 Å². The molecule has 0 unspecified atom stereocenters. The SMILES string of the molecule is O=C(c1ccccc1)N(C(=O)c1ccccc1)c1nc2ncccc2n2c(=O)n(-c3ccccc3)nc12. The van der Waals surface area contributed by atoms with Gasteiger partial charge in [-0.05, 0) is 48.5 Å². The Kier molecular flexibility index (Phi) is 5.35. The Morgan fingerprint density at radius 3 is 1.86 bits per heavy atom. The minimum Gasteiger partial charge on any atom is -0.268 e. The molecule has 9 nitrogen and oxygen atoms in total. The monoisotopic (exact) mass is 486 g/mol. The van der Waals surface area contributed by atoms with Gasteiger partial charge in [0, 0.05) is 17.3 Å². The van der Waals surface area contributed by atoms with Gasteiger partial charge in [-0.25, -0.2) is 24.1 Å². The molecule has 0 aliphatic heterocycles. The zero-order valence-electron chi connectivity index (χ0n) is 19.3. The summed E-state index contributed by atoms with van der Waals surface area (Å²) in [6.07, 6.45) is 1.53. The lowest BCUT2D eigenvalue weighted by Crippen LogP contribution is -2.38. The van der Waals surface area contributed by atoms with E-state index in [0.717, 1.165) is 4.90 Å². The number of para-hydroxylation sites is 1. The summed E-state index contributed by atoms with van der Waals surface area (Å²) in [7, 11) is 0. The number of fused-ring (bicyclic) bond motifs is 3. The van der Waals surface area contributed by atoms with Gasteiger partial charge < -0.3 is 0 Å². The van der Waals surface area contributed by atoms with E-state index in [9.17, 15) is 14.4 Å². The van der Waals surface area contributed by atoms with Crippen LogP contribution < -0.4 is 10.6 Å². The maximum atomic E-state index is 13.8. The van der Waals surface area contributed by atoms with E-state index in [4.69, 9.17) is 0 Å². The summed E-state index contributed by atoms with van der Waals surface area (Å²) in [5.41, 5.74) is 1.22. The van der Waals surface area contributed by atoms with E-state index < -0.39 is 17.5 Å². The number of nitrogens with zero attached hydrogens (tertiary/aromatic N) is 6. The standard InChI is InChI=1S/C28H18N6O3/c35-26(19-11-4-1-5-12-19)33(27(36)20-13-6-2-7-14-20)24-25-31-34(21-15-8-3-9-16-21)28(37)32(25)22-17-10-18-29-23(22)30-24/h1-18H. The fourth-order valence-electron chi connectivity index (χ4n) is 4.12. The number of hydrogen-bond acceptors (Lipinski definition) is 6. The van der Waals surface area contributed by atoms with Crippen molar-refractivity contribution in [3.8, 4) is 5.69 Å². The van der Waals surface area contributed by atoms with Gasteiger partial charge in [0.25, 0.3) is 11.8 Å². The van der Waals surface area contributed by atoms with Crippen LogP contribution in [0.25, 0.3) is 22.5 Å². The van der Waals surface area contributed by atoms with E-state index in [1.165, 1.54) is 15.3 Å². The van der Waals surface area contributed by atoms with Crippen LogP contribution >= 0.6 is 0 Å². The molecule has 0 atom stereocenters. The molecule has 2 amide bonds. The van der Waals surface area contributed by atoms with Gasteiger partial charge >= 0.3 is 5.69 Å². The van der Waals surface area contributed by atoms with Crippen LogP contribution in [0.4, 0.5) is 5.82 Å². The van der Waals surface area contributed by atoms with Crippen LogP contribution in [0.1, 0.15) is 20.7 Å². The number of benzene rings is 3. The fourth-order valence-corrected chi connectivity index (χ4v) is 4.12. The maximum Gasteiger partial charge on any atom is 0.355 e. The smallest absolute Gasteiger partial charge is 0.268 e. The average molecular weight is 486 g/mol. The molecule has 0 N–H and O–H groups in total. The molecule has 3 aromatic carbocycles. The summed E-state index contributed by atoms with van der Waals surface area (Å²) in [6.45, 7) is 0. The molecule has 0 bridgehead atoms. The number of pyridine rings is 1. The highest BCUT2D eigenvalue weighted by atomic mass is 16.2. The molecule has 6 rings (SSSR count). The van der Waals surface area contributed by atoms with Gasteiger partial charge in [0.15, 0.2) is 11.5 Å². The number of amides is 2. The molecule has 0 fully saturated rings. The fraction of sp³-hybridized carbons (Fsp3) is 0. The Hall–Kier alpha value is -5.44. The third kappa shape index (κ3) is 3.75. The average Bonchev–Trinajstić information content (AvgIpc) is 3.32. The first kappa shape index (κ1) is 22.1. The van der Waals surface area contributed by atoms with Crippen molar-refractivity contribution < 1.29 is 9.59 Å². The Morgan fingerprint density at radius 2 is 1.27 bits per heavy atom. The van der Waals surface area contributed by atoms with E-state index >= 15 is 0 Å². The van der Waals surface area contributed by atoms with Gasteiger partial charge in [0.2, 0.25) is 5.65 Å². The second kappa shape index (κ2) is 8.97. The Morgan fingerprint density at radius 1 is 0.703 bits per heavy atom. The number of aromatic nitrogens is 5. The molecule has 0 aliphatic carbocycles. The van der Waals surface area contributed by atoms with Crippen molar-refractivity contribution in [2.45, 2.75) is 0 Å². The minimum atomic E-state index is -0.610. The van der Waals surface area contributed by atoms with Crippen molar-refractivity contribution in [3.05, 3.63) is 131 Å². The first-order valence-electron chi connectivity index (χ1n) is 11.4. The van der Waals surface area contributed by atoms with Crippen molar-refractivity contribution in [2.75, 3.05) is 4.90 Å². The summed E-state index contributed by atoms with van der Waals surface area (Å²) in [5.74, 6) is -1.32. The van der Waals surface area contributed by atoms with Crippen LogP contribution in [0.3, 0.4) is 0 Å². The normalized spacial score (nSPS) is 11.0. The summed E-state index contributed by atoms with van der Waals surface area (Å²) in [4.78, 5) is 51.1. The van der Waals surface area contributed by atoms with Gasteiger partial charge in [-0.2, -0.15) is 4.68 Å². The lowest BCUT2D eigenvalue weighted by molar-refractivity contribution is 0.0896. The second-order valence-electron chi connectivity index (χ2n) is 8.15. The molecular formula is C28H18N6O3. The molecule has 37 heavy (non-hydrogen) atoms. The Labute approximate surface area is 209 Å². The van der Waals surface area contributed by atoms with Crippen LogP contribution in [-0.2, 0) is 0 Å². The molecule has 0 saturated carbocycles. The highest BCUT2D eigenvalue weighted by molar-refractivity contribution is 6.26. The lowest BCUT2D eigenvalue weighted by atomic mass is 10.1. The number of carbonyl (C=O) groups is 2. The summed E-state index contributed by atoms with van der Waals surface area (Å²) in [5, 5.41) is 4.54. The predicted molar refractivity (Wildman–Crippen MR) is 138 cm³/mol. The minimum absolute atomic E-state index is 0.0444. The number of hydrogen-bond donors (Lipinski definition) is 0. The zero-order chi connectivity index (χ0) is 25.4. The van der Waals surface area contributed by atoms with Crippen molar-refractivity contribution >= 4 is 34.4 Å². The van der Waals surface area contributed by atoms with E-state index in [0.29, 0.717) is 11.2 Å². The zero-order valence-corrected chi connectivity index (χ0v) is 19.3. The maximum absolute atomic E-state index is 13.8. The van der Waals surface area contributed by atoms with Gasteiger partial charge in [0.05, 0.1) is 11.2 Å². The Balaban J connectivity index is 1.68. The third-order valence-electron chi connectivity index (χ3n) is 5.86. The highest BCUT2D eigenvalue weighted by Crippen LogP contribution is 2.25. The first-order valence-corrected chi connectivity index (χ1v) is 11.4. The molecule has 178 valence electrons. The van der Waals surface area contributed by atoms with Gasteiger partial charge in [-0.1, -0.05) is 54.6 Å². The van der Waals surface area contributed by atoms with Crippen molar-refractivity contribution in [1.82, 2.24) is 24.1 Å². The van der Waals surface area contributed by atoms with Gasteiger partial charge in [0.1, 0.15) is 0 Å². The molecule has 3 aromatic heterocycles. The molecule has 0 saturated heterocycles. The summed E-state index contributed by atoms with van der Waals surface area (Å²) >= 11 is 0. The summed E-state index contributed by atoms with van der Waals surface area (Å²) < 4.78 is 2.53. The highest BCUT2D eigenvalue weighted by Gasteiger charge is 2.31. The van der Waals surface area contributed by atoms with E-state index in [-0.39, 0.29) is 28.2 Å². The summed E-state index contributed by atoms with van der Waals surface area (Å²) in [6, 6.07) is 29.1. The van der Waals surface area contributed by atoms with Crippen LogP contribution in [0, 0.1) is 0 Å². The largest absolute Gasteiger partial charge is 0.355 e. The predicted octanol–water partition coefficient (Wildman–Crippen LogP) is 3.92. The van der Waals surface area contributed by atoms with Crippen molar-refractivity contribution in [1.29, 1.82) is 0 Å². The second-order valence-corrected chi connectivity index (χ2v) is 8.15. The number of rotatable bonds is 4. The molecule has 3 heterocycles.